The standard InChI is InChI=1S/C16H13FN2O4/c1-3-22-16(21)11-6-19-8(2)7-23-15-10(5-18)12(17)4-9(13(15)19)14(11)20/h4,6,8H,3,7H2,1-2H3/t8-/m0/s1. The first-order valence-electron chi connectivity index (χ1n) is 7.11. The number of esters is 1. The Morgan fingerprint density at radius 2 is 2.35 bits per heavy atom. The lowest BCUT2D eigenvalue weighted by Gasteiger charge is -2.27. The highest BCUT2D eigenvalue weighted by atomic mass is 19.1. The predicted octanol–water partition coefficient (Wildman–Crippen LogP) is 2.14. The van der Waals surface area contributed by atoms with Gasteiger partial charge in [-0.25, -0.2) is 9.18 Å². The maximum Gasteiger partial charge on any atom is 0.343 e. The lowest BCUT2D eigenvalue weighted by Crippen LogP contribution is -2.27. The van der Waals surface area contributed by atoms with E-state index in [1.807, 2.05) is 6.92 Å². The van der Waals surface area contributed by atoms with Crippen LogP contribution >= 0.6 is 0 Å². The van der Waals surface area contributed by atoms with Crippen LogP contribution in [0.1, 0.15) is 35.8 Å². The summed E-state index contributed by atoms with van der Waals surface area (Å²) in [5.41, 5.74) is -0.735. The van der Waals surface area contributed by atoms with Crippen LogP contribution in [0.4, 0.5) is 4.39 Å². The fraction of sp³-hybridized carbons (Fsp3) is 0.312. The van der Waals surface area contributed by atoms with E-state index in [-0.39, 0.29) is 41.5 Å². The highest BCUT2D eigenvalue weighted by Gasteiger charge is 2.28. The van der Waals surface area contributed by atoms with Crippen LogP contribution in [0.5, 0.6) is 5.75 Å². The third-order valence-corrected chi connectivity index (χ3v) is 3.77. The number of halogens is 1. The van der Waals surface area contributed by atoms with Crippen LogP contribution in [-0.2, 0) is 4.74 Å². The summed E-state index contributed by atoms with van der Waals surface area (Å²) in [5, 5.41) is 9.12. The number of hydrogen-bond donors (Lipinski definition) is 0. The molecule has 0 spiro atoms. The van der Waals surface area contributed by atoms with Crippen molar-refractivity contribution in [3.05, 3.63) is 39.4 Å². The Hall–Kier alpha value is -2.88. The van der Waals surface area contributed by atoms with Crippen molar-refractivity contribution in [2.24, 2.45) is 0 Å². The molecule has 118 valence electrons. The number of nitriles is 1. The first-order chi connectivity index (χ1) is 11.0. The first kappa shape index (κ1) is 15.0. The molecule has 1 aliphatic heterocycles. The van der Waals surface area contributed by atoms with Crippen molar-refractivity contribution in [2.75, 3.05) is 13.2 Å². The zero-order valence-corrected chi connectivity index (χ0v) is 12.6. The summed E-state index contributed by atoms with van der Waals surface area (Å²) < 4.78 is 26.1. The first-order valence-corrected chi connectivity index (χ1v) is 7.11. The molecule has 0 radical (unpaired) electrons. The molecule has 0 N–H and O–H groups in total. The smallest absolute Gasteiger partial charge is 0.343 e. The van der Waals surface area contributed by atoms with Crippen molar-refractivity contribution in [2.45, 2.75) is 19.9 Å². The molecule has 3 rings (SSSR count). The summed E-state index contributed by atoms with van der Waals surface area (Å²) in [6.07, 6.45) is 1.39. The molecule has 1 aromatic heterocycles. The van der Waals surface area contributed by atoms with Crippen LogP contribution in [0.2, 0.25) is 0 Å². The van der Waals surface area contributed by atoms with Gasteiger partial charge >= 0.3 is 5.97 Å². The van der Waals surface area contributed by atoms with Crippen LogP contribution in [-0.4, -0.2) is 23.8 Å². The third kappa shape index (κ3) is 2.14. The van der Waals surface area contributed by atoms with Gasteiger partial charge in [0.1, 0.15) is 29.6 Å². The van der Waals surface area contributed by atoms with Gasteiger partial charge in [0.2, 0.25) is 5.43 Å². The van der Waals surface area contributed by atoms with Crippen molar-refractivity contribution in [3.63, 3.8) is 0 Å². The van der Waals surface area contributed by atoms with Gasteiger partial charge in [-0.2, -0.15) is 5.26 Å². The Balaban J connectivity index is 2.45. The van der Waals surface area contributed by atoms with Crippen molar-refractivity contribution >= 4 is 16.9 Å². The number of rotatable bonds is 2. The van der Waals surface area contributed by atoms with E-state index in [1.54, 1.807) is 17.6 Å². The van der Waals surface area contributed by atoms with Crippen LogP contribution in [0, 0.1) is 17.1 Å². The predicted molar refractivity (Wildman–Crippen MR) is 79.0 cm³/mol. The van der Waals surface area contributed by atoms with Gasteiger partial charge in [0.05, 0.1) is 23.6 Å². The topological polar surface area (TPSA) is 81.3 Å². The van der Waals surface area contributed by atoms with Gasteiger partial charge in [-0.1, -0.05) is 0 Å². The summed E-state index contributed by atoms with van der Waals surface area (Å²) in [6.45, 7) is 3.79. The Kier molecular flexibility index (Phi) is 3.52. The highest BCUT2D eigenvalue weighted by Crippen LogP contribution is 2.35. The van der Waals surface area contributed by atoms with Gasteiger partial charge in [-0.15, -0.1) is 0 Å². The summed E-state index contributed by atoms with van der Waals surface area (Å²) in [5.74, 6) is -1.57. The summed E-state index contributed by atoms with van der Waals surface area (Å²) in [7, 11) is 0. The number of benzene rings is 1. The summed E-state index contributed by atoms with van der Waals surface area (Å²) in [4.78, 5) is 24.5. The number of aromatic nitrogens is 1. The minimum Gasteiger partial charge on any atom is -0.488 e. The Labute approximate surface area is 130 Å². The van der Waals surface area contributed by atoms with Gasteiger partial charge in [0, 0.05) is 6.20 Å². The Bertz CT molecular complexity index is 927. The van der Waals surface area contributed by atoms with Gasteiger partial charge in [0.25, 0.3) is 0 Å². The molecule has 1 aliphatic rings. The quantitative estimate of drug-likeness (QED) is 0.793. The van der Waals surface area contributed by atoms with E-state index in [9.17, 15) is 14.0 Å². The zero-order chi connectivity index (χ0) is 16.7. The molecule has 0 aliphatic carbocycles. The largest absolute Gasteiger partial charge is 0.488 e. The van der Waals surface area contributed by atoms with Crippen LogP contribution in [0.25, 0.3) is 10.9 Å². The SMILES string of the molecule is CCOC(=O)c1cn2c3c(c(C#N)c(F)cc3c1=O)OC[C@@H]2C. The molecular formula is C16H13FN2O4. The molecule has 0 amide bonds. The van der Waals surface area contributed by atoms with E-state index in [4.69, 9.17) is 14.7 Å². The van der Waals surface area contributed by atoms with E-state index in [0.29, 0.717) is 5.52 Å². The number of carbonyl (C=O) groups excluding carboxylic acids is 1. The molecule has 0 fully saturated rings. The number of hydrogen-bond acceptors (Lipinski definition) is 5. The molecule has 6 nitrogen and oxygen atoms in total. The third-order valence-electron chi connectivity index (χ3n) is 3.77. The lowest BCUT2D eigenvalue weighted by atomic mass is 10.0. The molecule has 7 heteroatoms. The molecule has 0 saturated carbocycles. The van der Waals surface area contributed by atoms with E-state index in [1.165, 1.54) is 6.20 Å². The van der Waals surface area contributed by atoms with Gasteiger partial charge in [-0.3, -0.25) is 4.79 Å². The van der Waals surface area contributed by atoms with Gasteiger partial charge < -0.3 is 14.0 Å². The van der Waals surface area contributed by atoms with E-state index < -0.39 is 17.2 Å². The molecule has 0 saturated heterocycles. The molecular weight excluding hydrogens is 303 g/mol. The Morgan fingerprint density at radius 3 is 3.00 bits per heavy atom. The fourth-order valence-corrected chi connectivity index (χ4v) is 2.68. The number of nitrogens with zero attached hydrogens (tertiary/aromatic N) is 2. The molecule has 0 unspecified atom stereocenters. The minimum atomic E-state index is -0.853. The van der Waals surface area contributed by atoms with E-state index in [0.717, 1.165) is 6.07 Å². The van der Waals surface area contributed by atoms with Crippen molar-refractivity contribution < 1.29 is 18.7 Å². The minimum absolute atomic E-state index is 0.00592. The molecule has 2 aromatic rings. The van der Waals surface area contributed by atoms with Crippen molar-refractivity contribution in [1.82, 2.24) is 4.57 Å². The average Bonchev–Trinajstić information content (AvgIpc) is 2.52. The van der Waals surface area contributed by atoms with Crippen LogP contribution in [0.15, 0.2) is 17.1 Å². The zero-order valence-electron chi connectivity index (χ0n) is 12.6. The normalized spacial score (nSPS) is 15.8. The average molecular weight is 316 g/mol. The molecule has 1 atom stereocenters. The summed E-state index contributed by atoms with van der Waals surface area (Å²) in [6, 6.07) is 2.54. The number of pyridine rings is 1. The van der Waals surface area contributed by atoms with Crippen molar-refractivity contribution in [3.8, 4) is 11.8 Å². The molecule has 1 aromatic carbocycles. The van der Waals surface area contributed by atoms with Crippen LogP contribution < -0.4 is 10.2 Å². The number of carbonyl (C=O) groups is 1. The van der Waals surface area contributed by atoms with Crippen LogP contribution in [0.3, 0.4) is 0 Å². The van der Waals surface area contributed by atoms with E-state index >= 15 is 0 Å². The maximum absolute atomic E-state index is 14.1. The number of ether oxygens (including phenoxy) is 2. The lowest BCUT2D eigenvalue weighted by molar-refractivity contribution is 0.0523. The van der Waals surface area contributed by atoms with E-state index in [2.05, 4.69) is 0 Å². The second-order valence-electron chi connectivity index (χ2n) is 5.23. The summed E-state index contributed by atoms with van der Waals surface area (Å²) >= 11 is 0. The fourth-order valence-electron chi connectivity index (χ4n) is 2.68. The molecule has 0 bridgehead atoms. The highest BCUT2D eigenvalue weighted by molar-refractivity contribution is 5.96. The molecule has 23 heavy (non-hydrogen) atoms. The van der Waals surface area contributed by atoms with Gasteiger partial charge in [-0.05, 0) is 19.9 Å². The molecule has 2 heterocycles. The van der Waals surface area contributed by atoms with Crippen molar-refractivity contribution in [1.29, 1.82) is 5.26 Å². The van der Waals surface area contributed by atoms with Gasteiger partial charge in [0.15, 0.2) is 5.75 Å². The second-order valence-corrected chi connectivity index (χ2v) is 5.23. The monoisotopic (exact) mass is 316 g/mol. The second kappa shape index (κ2) is 5.39. The maximum atomic E-state index is 14.1. The Morgan fingerprint density at radius 1 is 1.61 bits per heavy atom.